The maximum Gasteiger partial charge on any atom is 0.224 e. The van der Waals surface area contributed by atoms with Crippen molar-refractivity contribution in [2.75, 3.05) is 18.4 Å². The van der Waals surface area contributed by atoms with E-state index in [1.165, 1.54) is 4.88 Å². The van der Waals surface area contributed by atoms with E-state index >= 15 is 0 Å². The van der Waals surface area contributed by atoms with Crippen molar-refractivity contribution in [2.45, 2.75) is 52.7 Å². The number of carbonyl (C=O) groups excluding carboxylic acids is 2. The number of thiophene rings is 1. The van der Waals surface area contributed by atoms with Crippen LogP contribution < -0.4 is 16.4 Å². The van der Waals surface area contributed by atoms with Crippen molar-refractivity contribution in [2.24, 2.45) is 10.7 Å². The fraction of sp³-hybridized carbons (Fsp3) is 0.303. The van der Waals surface area contributed by atoms with E-state index in [0.717, 1.165) is 33.2 Å². The number of rotatable bonds is 9. The van der Waals surface area contributed by atoms with Gasteiger partial charge >= 0.3 is 0 Å². The number of halogens is 2. The zero-order valence-corrected chi connectivity index (χ0v) is 28.1. The smallest absolute Gasteiger partial charge is 0.224 e. The summed E-state index contributed by atoms with van der Waals surface area (Å²) in [6.45, 7) is 6.39. The Kier molecular flexibility index (Phi) is 11.7. The molecule has 0 aliphatic carbocycles. The van der Waals surface area contributed by atoms with Crippen LogP contribution in [0, 0.1) is 32.6 Å². The summed E-state index contributed by atoms with van der Waals surface area (Å²) in [5, 5.41) is 25.8. The highest BCUT2D eigenvalue weighted by atomic mass is 35.5. The number of carbonyl (C=O) groups is 2. The molecule has 240 valence electrons. The van der Waals surface area contributed by atoms with Gasteiger partial charge in [0.05, 0.1) is 25.3 Å². The quantitative estimate of drug-likeness (QED) is 0.145. The van der Waals surface area contributed by atoms with Gasteiger partial charge in [-0.1, -0.05) is 35.6 Å². The van der Waals surface area contributed by atoms with Gasteiger partial charge in [-0.15, -0.1) is 33.9 Å². The van der Waals surface area contributed by atoms with Crippen LogP contribution in [0.15, 0.2) is 47.5 Å². The number of fused-ring (bicyclic) bond motifs is 3. The number of nitrogens with zero attached hydrogens (tertiary/aromatic N) is 4. The number of benzene rings is 2. The Morgan fingerprint density at radius 3 is 2.59 bits per heavy atom. The number of aliphatic imine (C=N–C) groups is 1. The topological polar surface area (TPSA) is 148 Å². The van der Waals surface area contributed by atoms with E-state index in [1.54, 1.807) is 29.5 Å². The second-order valence-electron chi connectivity index (χ2n) is 10.6. The second-order valence-corrected chi connectivity index (χ2v) is 12.3. The average Bonchev–Trinajstić information content (AvgIpc) is 3.50. The third-order valence-corrected chi connectivity index (χ3v) is 8.97. The maximum atomic E-state index is 13.2. The van der Waals surface area contributed by atoms with Crippen molar-refractivity contribution in [1.82, 2.24) is 20.1 Å². The van der Waals surface area contributed by atoms with Crippen LogP contribution in [-0.4, -0.2) is 50.5 Å². The highest BCUT2D eigenvalue weighted by molar-refractivity contribution is 7.15. The monoisotopic (exact) mass is 679 g/mol. The third-order valence-electron chi connectivity index (χ3n) is 7.52. The molecule has 4 aromatic rings. The molecule has 1 aliphatic rings. The van der Waals surface area contributed by atoms with Crippen molar-refractivity contribution in [3.63, 3.8) is 0 Å². The van der Waals surface area contributed by atoms with E-state index in [9.17, 15) is 14.7 Å². The van der Waals surface area contributed by atoms with Gasteiger partial charge in [-0.25, -0.2) is 0 Å². The lowest BCUT2D eigenvalue weighted by Crippen LogP contribution is -2.27. The summed E-state index contributed by atoms with van der Waals surface area (Å²) >= 11 is 7.85. The Morgan fingerprint density at radius 1 is 1.11 bits per heavy atom. The average molecular weight is 681 g/mol. The molecule has 0 bridgehead atoms. The van der Waals surface area contributed by atoms with E-state index in [2.05, 4.69) is 46.5 Å². The molecule has 3 heterocycles. The highest BCUT2D eigenvalue weighted by Crippen LogP contribution is 2.39. The molecule has 10 nitrogen and oxygen atoms in total. The largest absolute Gasteiger partial charge is 0.392 e. The summed E-state index contributed by atoms with van der Waals surface area (Å²) in [7, 11) is 0. The Bertz CT molecular complexity index is 1840. The molecule has 0 fully saturated rings. The standard InChI is InChI=1S/C33H34ClN7O3S.ClH/c1-19-20(2)45-33-30(19)31(23-8-11-25(34)12-9-23)38-27(32-40-39-21(3)41(32)33)17-29(44)36-15-5-7-28(43)37-26-13-10-22(6-4-14-35)24(16-26)18-42;/h8-13,16,27,42H,5,7,14-15,17-18,35H2,1-3H3,(H,36,44)(H,37,43);1H. The number of nitrogens with one attached hydrogen (secondary N) is 2. The summed E-state index contributed by atoms with van der Waals surface area (Å²) in [5.41, 5.74) is 11.1. The van der Waals surface area contributed by atoms with Crippen LogP contribution in [0.1, 0.15) is 69.6 Å². The van der Waals surface area contributed by atoms with Gasteiger partial charge in [-0.2, -0.15) is 0 Å². The van der Waals surface area contributed by atoms with Gasteiger partial charge < -0.3 is 21.5 Å². The molecule has 0 saturated heterocycles. The Morgan fingerprint density at radius 2 is 1.87 bits per heavy atom. The first-order valence-corrected chi connectivity index (χ1v) is 15.7. The first-order valence-electron chi connectivity index (χ1n) is 14.6. The van der Waals surface area contributed by atoms with E-state index in [1.807, 2.05) is 35.8 Å². The number of hydrogen-bond acceptors (Lipinski definition) is 8. The molecule has 46 heavy (non-hydrogen) atoms. The van der Waals surface area contributed by atoms with Crippen LogP contribution in [0.4, 0.5) is 5.69 Å². The molecule has 13 heteroatoms. The number of nitrogens with two attached hydrogens (primary N) is 1. The predicted molar refractivity (Wildman–Crippen MR) is 184 cm³/mol. The van der Waals surface area contributed by atoms with Gasteiger partial charge in [0, 0.05) is 45.2 Å². The molecule has 0 saturated carbocycles. The van der Waals surface area contributed by atoms with Gasteiger partial charge in [-0.3, -0.25) is 19.1 Å². The third kappa shape index (κ3) is 7.66. The number of aryl methyl sites for hydroxylation is 2. The van der Waals surface area contributed by atoms with E-state index in [-0.39, 0.29) is 50.2 Å². The molecule has 0 spiro atoms. The van der Waals surface area contributed by atoms with Gasteiger partial charge in [0.1, 0.15) is 16.9 Å². The molecular weight excluding hydrogens is 645 g/mol. The van der Waals surface area contributed by atoms with Crippen molar-refractivity contribution in [3.05, 3.63) is 91.8 Å². The SMILES string of the molecule is Cc1sc2c(c1C)C(c1ccc(Cl)cc1)=NC(CC(=O)NCCCC(=O)Nc1ccc(C#CCN)c(CO)c1)c1nnc(C)n1-2.Cl. The van der Waals surface area contributed by atoms with Crippen LogP contribution in [0.25, 0.3) is 5.00 Å². The Balaban J connectivity index is 0.00000480. The summed E-state index contributed by atoms with van der Waals surface area (Å²) in [4.78, 5) is 32.0. The Labute approximate surface area is 282 Å². The minimum atomic E-state index is -0.572. The zero-order chi connectivity index (χ0) is 32.1. The molecule has 1 unspecified atom stereocenters. The highest BCUT2D eigenvalue weighted by Gasteiger charge is 2.32. The summed E-state index contributed by atoms with van der Waals surface area (Å²) in [6.07, 6.45) is 0.718. The van der Waals surface area contributed by atoms with E-state index < -0.39 is 6.04 Å². The molecule has 2 amide bonds. The number of aliphatic hydroxyl groups excluding tert-OH is 1. The number of hydrogen-bond donors (Lipinski definition) is 4. The van der Waals surface area contributed by atoms with Gasteiger partial charge in [0.25, 0.3) is 0 Å². The first kappa shape index (κ1) is 34.8. The molecule has 5 N–H and O–H groups in total. The van der Waals surface area contributed by atoms with Crippen LogP contribution in [0.3, 0.4) is 0 Å². The minimum Gasteiger partial charge on any atom is -0.392 e. The fourth-order valence-corrected chi connectivity index (χ4v) is 6.49. The van der Waals surface area contributed by atoms with Crippen LogP contribution in [0.5, 0.6) is 0 Å². The molecule has 1 atom stereocenters. The van der Waals surface area contributed by atoms with Crippen molar-refractivity contribution >= 4 is 58.6 Å². The molecule has 0 radical (unpaired) electrons. The summed E-state index contributed by atoms with van der Waals surface area (Å²) < 4.78 is 2.01. The normalized spacial score (nSPS) is 13.3. The number of anilines is 1. The van der Waals surface area contributed by atoms with E-state index in [0.29, 0.717) is 40.6 Å². The molecule has 5 rings (SSSR count). The second kappa shape index (κ2) is 15.5. The lowest BCUT2D eigenvalue weighted by Gasteiger charge is -2.13. The maximum absolute atomic E-state index is 13.2. The summed E-state index contributed by atoms with van der Waals surface area (Å²) in [5.74, 6) is 6.60. The van der Waals surface area contributed by atoms with Crippen molar-refractivity contribution < 1.29 is 14.7 Å². The van der Waals surface area contributed by atoms with Gasteiger partial charge in [0.2, 0.25) is 11.8 Å². The number of aliphatic hydroxyl groups is 1. The van der Waals surface area contributed by atoms with Crippen molar-refractivity contribution in [3.8, 4) is 16.8 Å². The van der Waals surface area contributed by atoms with Crippen LogP contribution in [0.2, 0.25) is 5.02 Å². The molecule has 1 aliphatic heterocycles. The van der Waals surface area contributed by atoms with Gasteiger partial charge in [0.15, 0.2) is 5.82 Å². The minimum absolute atomic E-state index is 0. The zero-order valence-electron chi connectivity index (χ0n) is 25.7. The van der Waals surface area contributed by atoms with E-state index in [4.69, 9.17) is 22.3 Å². The van der Waals surface area contributed by atoms with Crippen LogP contribution >= 0.6 is 35.3 Å². The molecule has 2 aromatic heterocycles. The predicted octanol–water partition coefficient (Wildman–Crippen LogP) is 4.95. The number of amides is 2. The molecular formula is C33H35Cl2N7O3S. The van der Waals surface area contributed by atoms with Crippen LogP contribution in [-0.2, 0) is 16.2 Å². The lowest BCUT2D eigenvalue weighted by atomic mass is 9.99. The first-order chi connectivity index (χ1) is 21.7. The summed E-state index contributed by atoms with van der Waals surface area (Å²) in [6, 6.07) is 12.1. The lowest BCUT2D eigenvalue weighted by molar-refractivity contribution is -0.122. The molecule has 2 aromatic carbocycles. The van der Waals surface area contributed by atoms with Gasteiger partial charge in [-0.05, 0) is 68.7 Å². The van der Waals surface area contributed by atoms with Crippen molar-refractivity contribution in [1.29, 1.82) is 0 Å². The number of aromatic nitrogens is 3. The fourth-order valence-electron chi connectivity index (χ4n) is 5.15. The Hall–Kier alpha value is -4.05.